The van der Waals surface area contributed by atoms with Crippen LogP contribution in [0.25, 0.3) is 0 Å². The van der Waals surface area contributed by atoms with Gasteiger partial charge in [-0.05, 0) is 30.0 Å². The third-order valence-electron chi connectivity index (χ3n) is 3.45. The van der Waals surface area contributed by atoms with Gasteiger partial charge in [0.05, 0.1) is 0 Å². The standard InChI is InChI=1S/C15H20N2O2/c1-4-11-6-5-7-12(8-11)17-9-13(18)16-14(10(2)3)15(17)19/h5-8,10,14H,4,9H2,1-3H3,(H,16,18). The molecule has 1 aromatic rings. The molecule has 2 rings (SSSR count). The first-order valence-electron chi connectivity index (χ1n) is 6.72. The minimum Gasteiger partial charge on any atom is -0.342 e. The summed E-state index contributed by atoms with van der Waals surface area (Å²) >= 11 is 0. The van der Waals surface area contributed by atoms with E-state index in [4.69, 9.17) is 0 Å². The second kappa shape index (κ2) is 5.43. The largest absolute Gasteiger partial charge is 0.342 e. The van der Waals surface area contributed by atoms with Crippen LogP contribution in [0.2, 0.25) is 0 Å². The molecule has 1 aliphatic heterocycles. The molecule has 102 valence electrons. The van der Waals surface area contributed by atoms with E-state index in [9.17, 15) is 9.59 Å². The van der Waals surface area contributed by atoms with Crippen LogP contribution in [0.5, 0.6) is 0 Å². The van der Waals surface area contributed by atoms with Crippen molar-refractivity contribution in [2.75, 3.05) is 11.4 Å². The molecule has 1 aliphatic rings. The van der Waals surface area contributed by atoms with Crippen LogP contribution >= 0.6 is 0 Å². The number of rotatable bonds is 3. The maximum absolute atomic E-state index is 12.4. The summed E-state index contributed by atoms with van der Waals surface area (Å²) in [6.45, 7) is 6.06. The van der Waals surface area contributed by atoms with Crippen molar-refractivity contribution in [3.63, 3.8) is 0 Å². The van der Waals surface area contributed by atoms with Crippen molar-refractivity contribution >= 4 is 17.5 Å². The average molecular weight is 260 g/mol. The molecule has 2 amide bonds. The zero-order valence-electron chi connectivity index (χ0n) is 11.6. The second-order valence-corrected chi connectivity index (χ2v) is 5.24. The molecule has 0 aromatic heterocycles. The Labute approximate surface area is 113 Å². The molecular weight excluding hydrogens is 240 g/mol. The lowest BCUT2D eigenvalue weighted by Gasteiger charge is -2.34. The molecule has 1 aromatic carbocycles. The van der Waals surface area contributed by atoms with Crippen molar-refractivity contribution in [3.05, 3.63) is 29.8 Å². The van der Waals surface area contributed by atoms with Gasteiger partial charge < -0.3 is 10.2 Å². The number of carbonyl (C=O) groups excluding carboxylic acids is 2. The predicted molar refractivity (Wildman–Crippen MR) is 74.9 cm³/mol. The van der Waals surface area contributed by atoms with Gasteiger partial charge in [0.25, 0.3) is 0 Å². The van der Waals surface area contributed by atoms with Gasteiger partial charge in [0, 0.05) is 5.69 Å². The van der Waals surface area contributed by atoms with Crippen LogP contribution in [0.1, 0.15) is 26.3 Å². The molecular formula is C15H20N2O2. The van der Waals surface area contributed by atoms with E-state index < -0.39 is 6.04 Å². The Kier molecular flexibility index (Phi) is 3.88. The number of piperazine rings is 1. The van der Waals surface area contributed by atoms with E-state index in [1.165, 1.54) is 0 Å². The highest BCUT2D eigenvalue weighted by Gasteiger charge is 2.35. The average Bonchev–Trinajstić information content (AvgIpc) is 2.40. The summed E-state index contributed by atoms with van der Waals surface area (Å²) < 4.78 is 0. The lowest BCUT2D eigenvalue weighted by molar-refractivity contribution is -0.132. The zero-order chi connectivity index (χ0) is 14.0. The number of nitrogens with zero attached hydrogens (tertiary/aromatic N) is 1. The molecule has 1 heterocycles. The summed E-state index contributed by atoms with van der Waals surface area (Å²) in [5.41, 5.74) is 1.97. The molecule has 0 saturated carbocycles. The summed E-state index contributed by atoms with van der Waals surface area (Å²) in [6, 6.07) is 7.39. The highest BCUT2D eigenvalue weighted by Crippen LogP contribution is 2.21. The first-order valence-corrected chi connectivity index (χ1v) is 6.72. The fraction of sp³-hybridized carbons (Fsp3) is 0.467. The first-order chi connectivity index (χ1) is 9.02. The summed E-state index contributed by atoms with van der Waals surface area (Å²) in [5, 5.41) is 2.76. The summed E-state index contributed by atoms with van der Waals surface area (Å²) in [5.74, 6) is -0.0309. The van der Waals surface area contributed by atoms with Gasteiger partial charge >= 0.3 is 0 Å². The minimum atomic E-state index is -0.425. The Hall–Kier alpha value is -1.84. The van der Waals surface area contributed by atoms with Gasteiger partial charge in [-0.3, -0.25) is 9.59 Å². The number of aryl methyl sites for hydroxylation is 1. The molecule has 19 heavy (non-hydrogen) atoms. The molecule has 0 aliphatic carbocycles. The molecule has 0 bridgehead atoms. The van der Waals surface area contributed by atoms with E-state index in [1.54, 1.807) is 4.90 Å². The van der Waals surface area contributed by atoms with Crippen molar-refractivity contribution in [2.45, 2.75) is 33.2 Å². The number of anilines is 1. The maximum atomic E-state index is 12.4. The van der Waals surface area contributed by atoms with Gasteiger partial charge in [-0.15, -0.1) is 0 Å². The van der Waals surface area contributed by atoms with E-state index >= 15 is 0 Å². The molecule has 0 radical (unpaired) electrons. The van der Waals surface area contributed by atoms with Crippen LogP contribution in [-0.4, -0.2) is 24.4 Å². The summed E-state index contributed by atoms with van der Waals surface area (Å²) in [4.78, 5) is 25.8. The third kappa shape index (κ3) is 2.78. The highest BCUT2D eigenvalue weighted by molar-refractivity contribution is 6.06. The Morgan fingerprint density at radius 2 is 2.11 bits per heavy atom. The fourth-order valence-corrected chi connectivity index (χ4v) is 2.28. The van der Waals surface area contributed by atoms with Gasteiger partial charge in [0.15, 0.2) is 0 Å². The van der Waals surface area contributed by atoms with Gasteiger partial charge in [-0.1, -0.05) is 32.9 Å². The van der Waals surface area contributed by atoms with Crippen LogP contribution < -0.4 is 10.2 Å². The number of amides is 2. The van der Waals surface area contributed by atoms with Crippen LogP contribution in [0.3, 0.4) is 0 Å². The molecule has 1 fully saturated rings. The number of hydrogen-bond acceptors (Lipinski definition) is 2. The van der Waals surface area contributed by atoms with Gasteiger partial charge in [0.1, 0.15) is 12.6 Å². The summed E-state index contributed by atoms with van der Waals surface area (Å²) in [6.07, 6.45) is 0.912. The Morgan fingerprint density at radius 3 is 2.74 bits per heavy atom. The van der Waals surface area contributed by atoms with Crippen molar-refractivity contribution in [3.8, 4) is 0 Å². The smallest absolute Gasteiger partial charge is 0.250 e. The summed E-state index contributed by atoms with van der Waals surface area (Å²) in [7, 11) is 0. The van der Waals surface area contributed by atoms with Gasteiger partial charge in [0.2, 0.25) is 11.8 Å². The Balaban J connectivity index is 2.31. The van der Waals surface area contributed by atoms with Gasteiger partial charge in [-0.25, -0.2) is 0 Å². The number of carbonyl (C=O) groups is 2. The van der Waals surface area contributed by atoms with E-state index in [1.807, 2.05) is 38.1 Å². The quantitative estimate of drug-likeness (QED) is 0.900. The van der Waals surface area contributed by atoms with E-state index in [0.717, 1.165) is 17.7 Å². The third-order valence-corrected chi connectivity index (χ3v) is 3.45. The predicted octanol–water partition coefficient (Wildman–Crippen LogP) is 1.74. The highest BCUT2D eigenvalue weighted by atomic mass is 16.2. The second-order valence-electron chi connectivity index (χ2n) is 5.24. The van der Waals surface area contributed by atoms with E-state index in [2.05, 4.69) is 12.2 Å². The van der Waals surface area contributed by atoms with Crippen LogP contribution in [-0.2, 0) is 16.0 Å². The minimum absolute atomic E-state index is 0.0251. The molecule has 4 nitrogen and oxygen atoms in total. The van der Waals surface area contributed by atoms with Crippen molar-refractivity contribution in [2.24, 2.45) is 5.92 Å². The molecule has 1 N–H and O–H groups in total. The van der Waals surface area contributed by atoms with Crippen molar-refractivity contribution in [1.29, 1.82) is 0 Å². The number of nitrogens with one attached hydrogen (secondary N) is 1. The molecule has 1 saturated heterocycles. The monoisotopic (exact) mass is 260 g/mol. The topological polar surface area (TPSA) is 49.4 Å². The Morgan fingerprint density at radius 1 is 1.37 bits per heavy atom. The number of benzene rings is 1. The van der Waals surface area contributed by atoms with Crippen LogP contribution in [0.4, 0.5) is 5.69 Å². The molecule has 1 unspecified atom stereocenters. The SMILES string of the molecule is CCc1cccc(N2CC(=O)NC(C(C)C)C2=O)c1. The molecule has 0 spiro atoms. The fourth-order valence-electron chi connectivity index (χ4n) is 2.28. The lowest BCUT2D eigenvalue weighted by Crippen LogP contribution is -2.60. The maximum Gasteiger partial charge on any atom is 0.250 e. The molecule has 4 heteroatoms. The van der Waals surface area contributed by atoms with Crippen molar-refractivity contribution in [1.82, 2.24) is 5.32 Å². The van der Waals surface area contributed by atoms with Crippen LogP contribution in [0.15, 0.2) is 24.3 Å². The van der Waals surface area contributed by atoms with Crippen LogP contribution in [0, 0.1) is 5.92 Å². The first kappa shape index (κ1) is 13.6. The normalized spacial score (nSPS) is 19.8. The Bertz CT molecular complexity index is 497. The number of hydrogen-bond donors (Lipinski definition) is 1. The molecule has 1 atom stereocenters. The lowest BCUT2D eigenvalue weighted by atomic mass is 10.00. The van der Waals surface area contributed by atoms with Crippen molar-refractivity contribution < 1.29 is 9.59 Å². The van der Waals surface area contributed by atoms with E-state index in [-0.39, 0.29) is 24.3 Å². The van der Waals surface area contributed by atoms with Gasteiger partial charge in [-0.2, -0.15) is 0 Å². The van der Waals surface area contributed by atoms with E-state index in [0.29, 0.717) is 0 Å². The zero-order valence-corrected chi connectivity index (χ0v) is 11.6.